The van der Waals surface area contributed by atoms with Crippen LogP contribution in [0, 0.1) is 0 Å². The molecule has 0 bridgehead atoms. The first kappa shape index (κ1) is 24.8. The number of amides is 1. The van der Waals surface area contributed by atoms with E-state index in [1.54, 1.807) is 6.92 Å². The minimum Gasteiger partial charge on any atom is -0.490 e. The number of carbonyl (C=O) groups is 2. The molecule has 0 spiro atoms. The lowest BCUT2D eigenvalue weighted by Gasteiger charge is -2.13. The molecule has 1 amide bonds. The number of carboxylic acid groups (broad SMARTS) is 1. The fourth-order valence-corrected chi connectivity index (χ4v) is 1.95. The van der Waals surface area contributed by atoms with E-state index in [0.717, 1.165) is 6.07 Å². The summed E-state index contributed by atoms with van der Waals surface area (Å²) in [6.45, 7) is 2.01. The van der Waals surface area contributed by atoms with Crippen LogP contribution in [-0.2, 0) is 4.79 Å². The molecule has 0 saturated heterocycles. The number of hydrogen-bond acceptors (Lipinski definition) is 6. The van der Waals surface area contributed by atoms with Gasteiger partial charge in [-0.1, -0.05) is 17.7 Å². The van der Waals surface area contributed by atoms with Gasteiger partial charge >= 0.3 is 12.1 Å². The molecule has 0 unspecified atom stereocenters. The molecule has 0 aliphatic carbocycles. The summed E-state index contributed by atoms with van der Waals surface area (Å²) in [5.74, 6) is -3.26. The van der Waals surface area contributed by atoms with Gasteiger partial charge < -0.3 is 20.9 Å². The molecular weight excluding hydrogens is 443 g/mol. The van der Waals surface area contributed by atoms with Crippen LogP contribution in [0.1, 0.15) is 29.5 Å². The van der Waals surface area contributed by atoms with Gasteiger partial charge in [0.1, 0.15) is 27.9 Å². The van der Waals surface area contributed by atoms with Gasteiger partial charge in [0.2, 0.25) is 0 Å². The van der Waals surface area contributed by atoms with Crippen LogP contribution in [0.4, 0.5) is 33.5 Å². The van der Waals surface area contributed by atoms with Gasteiger partial charge in [-0.15, -0.1) is 0 Å². The van der Waals surface area contributed by atoms with E-state index in [4.69, 9.17) is 32.0 Å². The van der Waals surface area contributed by atoms with Crippen LogP contribution < -0.4 is 15.8 Å². The first-order valence-corrected chi connectivity index (χ1v) is 8.19. The molecule has 0 aromatic carbocycles. The number of rotatable bonds is 5. The van der Waals surface area contributed by atoms with Gasteiger partial charge in [-0.05, 0) is 19.1 Å². The number of hydrogen-bond donors (Lipinski definition) is 3. The Kier molecular flexibility index (Phi) is 8.71. The highest BCUT2D eigenvalue weighted by Gasteiger charge is 2.38. The van der Waals surface area contributed by atoms with Crippen LogP contribution in [-0.4, -0.2) is 39.7 Å². The number of ether oxygens (including phenoxy) is 1. The maximum atomic E-state index is 12.6. The molecule has 0 atom stereocenters. The number of pyridine rings is 2. The molecule has 4 N–H and O–H groups in total. The lowest BCUT2D eigenvalue weighted by Crippen LogP contribution is -2.21. The number of aliphatic carboxylic acids is 1. The third-order valence-electron chi connectivity index (χ3n) is 3.01. The second-order valence-electron chi connectivity index (χ2n) is 5.14. The fourth-order valence-electron chi connectivity index (χ4n) is 1.74. The van der Waals surface area contributed by atoms with Gasteiger partial charge in [-0.25, -0.2) is 23.5 Å². The molecule has 0 saturated carbocycles. The summed E-state index contributed by atoms with van der Waals surface area (Å²) in [6.07, 6.45) is -6.59. The first-order valence-electron chi connectivity index (χ1n) is 7.81. The Morgan fingerprint density at radius 3 is 2.43 bits per heavy atom. The van der Waals surface area contributed by atoms with Crippen LogP contribution in [0.5, 0.6) is 5.75 Å². The number of nitrogens with one attached hydrogen (secondary N) is 1. The fraction of sp³-hybridized carbons (Fsp3) is 0.250. The number of carbonyl (C=O) groups excluding carboxylic acids is 1. The zero-order chi connectivity index (χ0) is 23.1. The summed E-state index contributed by atoms with van der Waals surface area (Å²) in [7, 11) is 0. The Labute approximate surface area is 170 Å². The minimum absolute atomic E-state index is 0.0472. The predicted molar refractivity (Wildman–Crippen MR) is 95.7 cm³/mol. The third kappa shape index (κ3) is 6.99. The Bertz CT molecular complexity index is 912. The van der Waals surface area contributed by atoms with Crippen molar-refractivity contribution in [2.75, 3.05) is 17.7 Å². The summed E-state index contributed by atoms with van der Waals surface area (Å²) in [6, 6.07) is 3.77. The van der Waals surface area contributed by atoms with Gasteiger partial charge in [0.15, 0.2) is 5.75 Å². The van der Waals surface area contributed by atoms with E-state index in [1.165, 1.54) is 18.3 Å². The summed E-state index contributed by atoms with van der Waals surface area (Å²) in [5, 5.41) is 9.65. The Morgan fingerprint density at radius 1 is 1.33 bits per heavy atom. The molecule has 0 radical (unpaired) electrons. The molecule has 2 aromatic heterocycles. The maximum absolute atomic E-state index is 12.6. The van der Waals surface area contributed by atoms with Crippen molar-refractivity contribution in [2.24, 2.45) is 0 Å². The highest BCUT2D eigenvalue weighted by molar-refractivity contribution is 6.34. The minimum atomic E-state index is -5.08. The van der Waals surface area contributed by atoms with Crippen LogP contribution in [0.3, 0.4) is 0 Å². The molecule has 0 aliphatic rings. The quantitative estimate of drug-likeness (QED) is 0.581. The van der Waals surface area contributed by atoms with Crippen molar-refractivity contribution in [3.05, 3.63) is 40.8 Å². The van der Waals surface area contributed by atoms with Crippen LogP contribution in [0.2, 0.25) is 5.02 Å². The molecular formula is C16H14ClF5N4O4. The lowest BCUT2D eigenvalue weighted by atomic mass is 10.2. The first-order chi connectivity index (χ1) is 13.9. The Morgan fingerprint density at radius 2 is 1.93 bits per heavy atom. The van der Waals surface area contributed by atoms with E-state index in [2.05, 4.69) is 15.3 Å². The van der Waals surface area contributed by atoms with E-state index in [9.17, 15) is 26.7 Å². The summed E-state index contributed by atoms with van der Waals surface area (Å²) in [4.78, 5) is 28.5. The Hall–Kier alpha value is -3.22. The molecule has 14 heteroatoms. The second kappa shape index (κ2) is 10.5. The van der Waals surface area contributed by atoms with Gasteiger partial charge in [0.05, 0.1) is 12.8 Å². The van der Waals surface area contributed by atoms with Gasteiger partial charge in [-0.3, -0.25) is 4.79 Å². The molecule has 2 heterocycles. The molecule has 2 aromatic rings. The third-order valence-corrected chi connectivity index (χ3v) is 3.37. The normalized spacial score (nSPS) is 10.8. The molecule has 0 fully saturated rings. The van der Waals surface area contributed by atoms with Crippen molar-refractivity contribution in [1.29, 1.82) is 0 Å². The van der Waals surface area contributed by atoms with Crippen molar-refractivity contribution >= 4 is 35.0 Å². The summed E-state index contributed by atoms with van der Waals surface area (Å²) >= 11 is 5.99. The number of halogens is 6. The number of nitrogens with two attached hydrogens (primary N) is 1. The number of anilines is 2. The van der Waals surface area contributed by atoms with E-state index in [0.29, 0.717) is 0 Å². The van der Waals surface area contributed by atoms with Crippen LogP contribution in [0.15, 0.2) is 24.4 Å². The topological polar surface area (TPSA) is 127 Å². The number of nitrogen functional groups attached to an aromatic ring is 1. The van der Waals surface area contributed by atoms with Crippen LogP contribution >= 0.6 is 11.6 Å². The molecule has 30 heavy (non-hydrogen) atoms. The summed E-state index contributed by atoms with van der Waals surface area (Å²) < 4.78 is 62.4. The summed E-state index contributed by atoms with van der Waals surface area (Å²) in [5.41, 5.74) is 5.09. The van der Waals surface area contributed by atoms with E-state index in [1.807, 2.05) is 0 Å². The lowest BCUT2D eigenvalue weighted by molar-refractivity contribution is -0.192. The number of nitrogens with zero attached hydrogens (tertiary/aromatic N) is 2. The second-order valence-corrected chi connectivity index (χ2v) is 5.52. The van der Waals surface area contributed by atoms with E-state index >= 15 is 0 Å². The van der Waals surface area contributed by atoms with Crippen LogP contribution in [0.25, 0.3) is 0 Å². The predicted octanol–water partition coefficient (Wildman–Crippen LogP) is 3.93. The van der Waals surface area contributed by atoms with Crippen molar-refractivity contribution in [3.63, 3.8) is 0 Å². The maximum Gasteiger partial charge on any atom is 0.490 e. The molecule has 2 rings (SSSR count). The largest absolute Gasteiger partial charge is 0.490 e. The van der Waals surface area contributed by atoms with Crippen molar-refractivity contribution < 1.29 is 41.4 Å². The number of aromatic nitrogens is 2. The van der Waals surface area contributed by atoms with Gasteiger partial charge in [-0.2, -0.15) is 13.2 Å². The standard InChI is InChI=1S/C14H13ClF2N4O2.C2HF3O2/c1-2-23-11-9(6-19-13(18)10(11)15)21-14(22)8-5-3-4-7(20-8)12(16)17;3-2(4,5)1(6)7/h3-6,12H,2H2,1H3,(H2,18,19)(H,21,22);(H,6,7). The number of carboxylic acids is 1. The monoisotopic (exact) mass is 456 g/mol. The van der Waals surface area contributed by atoms with Crippen molar-refractivity contribution in [3.8, 4) is 5.75 Å². The van der Waals surface area contributed by atoms with Gasteiger partial charge in [0.25, 0.3) is 12.3 Å². The smallest absolute Gasteiger partial charge is 0.490 e. The average molecular weight is 457 g/mol. The molecule has 164 valence electrons. The van der Waals surface area contributed by atoms with Gasteiger partial charge in [0, 0.05) is 0 Å². The molecule has 8 nitrogen and oxygen atoms in total. The van der Waals surface area contributed by atoms with E-state index < -0.39 is 30.2 Å². The zero-order valence-corrected chi connectivity index (χ0v) is 15.8. The van der Waals surface area contributed by atoms with E-state index in [-0.39, 0.29) is 34.6 Å². The number of alkyl halides is 5. The van der Waals surface area contributed by atoms with Crippen molar-refractivity contribution in [2.45, 2.75) is 19.5 Å². The molecule has 0 aliphatic heterocycles. The highest BCUT2D eigenvalue weighted by atomic mass is 35.5. The van der Waals surface area contributed by atoms with Crippen molar-refractivity contribution in [1.82, 2.24) is 9.97 Å². The highest BCUT2D eigenvalue weighted by Crippen LogP contribution is 2.36. The Balaban J connectivity index is 0.000000553. The SMILES string of the molecule is CCOc1c(NC(=O)c2cccc(C(F)F)n2)cnc(N)c1Cl.O=C(O)C(F)(F)F. The zero-order valence-electron chi connectivity index (χ0n) is 15.0. The average Bonchev–Trinajstić information content (AvgIpc) is 2.67.